The van der Waals surface area contributed by atoms with Gasteiger partial charge in [-0.05, 0) is 24.2 Å². The fraction of sp³-hybridized carbons (Fsp3) is 0.875. The SMILES string of the molecule is CCCC[C@@H](C)C[C@H](CNC(=O)[C@@H](N)C(C)C)CC(=O)O. The van der Waals surface area contributed by atoms with Crippen LogP contribution in [0.15, 0.2) is 0 Å². The van der Waals surface area contributed by atoms with Gasteiger partial charge in [-0.2, -0.15) is 0 Å². The lowest BCUT2D eigenvalue weighted by Crippen LogP contribution is -2.45. The number of hydrogen-bond donors (Lipinski definition) is 3. The molecular weight excluding hydrogens is 268 g/mol. The van der Waals surface area contributed by atoms with Gasteiger partial charge in [-0.15, -0.1) is 0 Å². The third-order valence-corrected chi connectivity index (χ3v) is 3.84. The minimum absolute atomic E-state index is 0.0299. The molecule has 5 heteroatoms. The van der Waals surface area contributed by atoms with E-state index in [1.807, 2.05) is 13.8 Å². The van der Waals surface area contributed by atoms with Crippen LogP contribution in [-0.4, -0.2) is 29.6 Å². The minimum atomic E-state index is -0.815. The zero-order valence-corrected chi connectivity index (χ0v) is 13.9. The lowest BCUT2D eigenvalue weighted by atomic mass is 9.89. The first-order valence-electron chi connectivity index (χ1n) is 8.02. The maximum Gasteiger partial charge on any atom is 0.303 e. The van der Waals surface area contributed by atoms with E-state index in [4.69, 9.17) is 10.8 Å². The second kappa shape index (κ2) is 10.6. The Kier molecular flexibility index (Phi) is 10.0. The van der Waals surface area contributed by atoms with Crippen LogP contribution in [0.4, 0.5) is 0 Å². The van der Waals surface area contributed by atoms with E-state index in [9.17, 15) is 9.59 Å². The Balaban J connectivity index is 4.35. The van der Waals surface area contributed by atoms with Crippen LogP contribution in [0.3, 0.4) is 0 Å². The van der Waals surface area contributed by atoms with Crippen molar-refractivity contribution in [1.82, 2.24) is 5.32 Å². The Morgan fingerprint density at radius 2 is 1.86 bits per heavy atom. The van der Waals surface area contributed by atoms with Crippen molar-refractivity contribution in [3.63, 3.8) is 0 Å². The zero-order chi connectivity index (χ0) is 16.4. The molecule has 0 aliphatic carbocycles. The van der Waals surface area contributed by atoms with Crippen molar-refractivity contribution >= 4 is 11.9 Å². The summed E-state index contributed by atoms with van der Waals surface area (Å²) < 4.78 is 0. The standard InChI is InChI=1S/C16H32N2O3/c1-5-6-7-12(4)8-13(9-14(19)20)10-18-16(21)15(17)11(2)3/h11-13,15H,5-10,17H2,1-4H3,(H,18,21)(H,19,20)/t12-,13+,15+/m1/s1. The Bertz CT molecular complexity index is 319. The van der Waals surface area contributed by atoms with E-state index in [1.165, 1.54) is 0 Å². The van der Waals surface area contributed by atoms with E-state index in [0.29, 0.717) is 12.5 Å². The van der Waals surface area contributed by atoms with Gasteiger partial charge < -0.3 is 16.2 Å². The van der Waals surface area contributed by atoms with Gasteiger partial charge in [-0.1, -0.05) is 47.0 Å². The van der Waals surface area contributed by atoms with Crippen molar-refractivity contribution in [2.75, 3.05) is 6.54 Å². The number of aliphatic carboxylic acids is 1. The van der Waals surface area contributed by atoms with Crippen molar-refractivity contribution in [1.29, 1.82) is 0 Å². The molecule has 0 fully saturated rings. The summed E-state index contributed by atoms with van der Waals surface area (Å²) >= 11 is 0. The summed E-state index contributed by atoms with van der Waals surface area (Å²) in [4.78, 5) is 22.8. The molecule has 0 aliphatic rings. The van der Waals surface area contributed by atoms with Crippen LogP contribution >= 0.6 is 0 Å². The van der Waals surface area contributed by atoms with Crippen LogP contribution in [0.2, 0.25) is 0 Å². The largest absolute Gasteiger partial charge is 0.481 e. The average Bonchev–Trinajstić information content (AvgIpc) is 2.40. The molecule has 4 N–H and O–H groups in total. The van der Waals surface area contributed by atoms with Crippen LogP contribution in [-0.2, 0) is 9.59 Å². The van der Waals surface area contributed by atoms with Gasteiger partial charge in [0.2, 0.25) is 5.91 Å². The summed E-state index contributed by atoms with van der Waals surface area (Å²) in [6, 6.07) is -0.534. The number of nitrogens with one attached hydrogen (secondary N) is 1. The highest BCUT2D eigenvalue weighted by molar-refractivity contribution is 5.81. The van der Waals surface area contributed by atoms with Crippen LogP contribution in [0.5, 0.6) is 0 Å². The Morgan fingerprint density at radius 1 is 1.24 bits per heavy atom. The van der Waals surface area contributed by atoms with Gasteiger partial charge in [0, 0.05) is 13.0 Å². The van der Waals surface area contributed by atoms with E-state index in [2.05, 4.69) is 19.2 Å². The first kappa shape index (κ1) is 19.9. The number of nitrogens with two attached hydrogens (primary N) is 1. The van der Waals surface area contributed by atoms with E-state index >= 15 is 0 Å². The molecule has 0 unspecified atom stereocenters. The topological polar surface area (TPSA) is 92.4 Å². The third kappa shape index (κ3) is 9.45. The summed E-state index contributed by atoms with van der Waals surface area (Å²) in [5.74, 6) is -0.485. The summed E-state index contributed by atoms with van der Waals surface area (Å²) in [6.45, 7) is 8.47. The highest BCUT2D eigenvalue weighted by Gasteiger charge is 2.21. The van der Waals surface area contributed by atoms with Crippen LogP contribution in [0, 0.1) is 17.8 Å². The molecule has 124 valence electrons. The molecule has 0 heterocycles. The minimum Gasteiger partial charge on any atom is -0.481 e. The van der Waals surface area contributed by atoms with Gasteiger partial charge in [0.1, 0.15) is 0 Å². The highest BCUT2D eigenvalue weighted by Crippen LogP contribution is 2.20. The van der Waals surface area contributed by atoms with Crippen molar-refractivity contribution < 1.29 is 14.7 Å². The van der Waals surface area contributed by atoms with Crippen LogP contribution in [0.25, 0.3) is 0 Å². The first-order chi connectivity index (χ1) is 9.77. The normalized spacial score (nSPS) is 15.5. The predicted octanol–water partition coefficient (Wildman–Crippen LogP) is 2.39. The molecule has 3 atom stereocenters. The van der Waals surface area contributed by atoms with Crippen LogP contribution in [0.1, 0.15) is 59.8 Å². The fourth-order valence-corrected chi connectivity index (χ4v) is 2.39. The molecule has 0 saturated carbocycles. The molecule has 1 amide bonds. The molecule has 0 aromatic carbocycles. The third-order valence-electron chi connectivity index (χ3n) is 3.84. The van der Waals surface area contributed by atoms with Crippen molar-refractivity contribution in [2.24, 2.45) is 23.5 Å². The predicted molar refractivity (Wildman–Crippen MR) is 84.9 cm³/mol. The van der Waals surface area contributed by atoms with Gasteiger partial charge in [-0.25, -0.2) is 0 Å². The molecule has 5 nitrogen and oxygen atoms in total. The maximum absolute atomic E-state index is 11.8. The lowest BCUT2D eigenvalue weighted by Gasteiger charge is -2.22. The highest BCUT2D eigenvalue weighted by atomic mass is 16.4. The summed E-state index contributed by atoms with van der Waals surface area (Å²) in [5.41, 5.74) is 5.79. The zero-order valence-electron chi connectivity index (χ0n) is 13.9. The van der Waals surface area contributed by atoms with E-state index < -0.39 is 12.0 Å². The lowest BCUT2D eigenvalue weighted by molar-refractivity contribution is -0.138. The molecule has 0 spiro atoms. The van der Waals surface area contributed by atoms with Gasteiger partial charge >= 0.3 is 5.97 Å². The smallest absolute Gasteiger partial charge is 0.303 e. The van der Waals surface area contributed by atoms with Crippen molar-refractivity contribution in [3.8, 4) is 0 Å². The molecule has 0 bridgehead atoms. The van der Waals surface area contributed by atoms with E-state index in [-0.39, 0.29) is 24.2 Å². The van der Waals surface area contributed by atoms with Crippen molar-refractivity contribution in [2.45, 2.75) is 65.8 Å². The Morgan fingerprint density at radius 3 is 2.33 bits per heavy atom. The number of hydrogen-bond acceptors (Lipinski definition) is 3. The molecule has 0 aromatic rings. The second-order valence-corrected chi connectivity index (χ2v) is 6.46. The molecule has 0 rings (SSSR count). The molecule has 21 heavy (non-hydrogen) atoms. The monoisotopic (exact) mass is 300 g/mol. The number of carboxylic acid groups (broad SMARTS) is 1. The van der Waals surface area contributed by atoms with Gasteiger partial charge in [0.15, 0.2) is 0 Å². The number of unbranched alkanes of at least 4 members (excludes halogenated alkanes) is 1. The quantitative estimate of drug-likeness (QED) is 0.546. The molecule has 0 radical (unpaired) electrons. The fourth-order valence-electron chi connectivity index (χ4n) is 2.39. The van der Waals surface area contributed by atoms with Gasteiger partial charge in [0.05, 0.1) is 6.04 Å². The first-order valence-corrected chi connectivity index (χ1v) is 8.02. The maximum atomic E-state index is 11.8. The number of amides is 1. The summed E-state index contributed by atoms with van der Waals surface area (Å²) in [5, 5.41) is 11.8. The second-order valence-electron chi connectivity index (χ2n) is 6.46. The average molecular weight is 300 g/mol. The number of carboxylic acids is 1. The number of carbonyl (C=O) groups is 2. The van der Waals surface area contributed by atoms with Gasteiger partial charge in [0.25, 0.3) is 0 Å². The van der Waals surface area contributed by atoms with E-state index in [1.54, 1.807) is 0 Å². The van der Waals surface area contributed by atoms with Crippen molar-refractivity contribution in [3.05, 3.63) is 0 Å². The summed E-state index contributed by atoms with van der Waals surface area (Å²) in [7, 11) is 0. The molecular formula is C16H32N2O3. The molecule has 0 aromatic heterocycles. The molecule has 0 aliphatic heterocycles. The van der Waals surface area contributed by atoms with Gasteiger partial charge in [-0.3, -0.25) is 9.59 Å². The molecule has 0 saturated heterocycles. The Labute approximate surface area is 128 Å². The van der Waals surface area contributed by atoms with E-state index in [0.717, 1.165) is 25.7 Å². The Hall–Kier alpha value is -1.10. The number of carbonyl (C=O) groups excluding carboxylic acids is 1. The number of rotatable bonds is 11. The summed E-state index contributed by atoms with van der Waals surface area (Å²) in [6.07, 6.45) is 4.32. The van der Waals surface area contributed by atoms with Crippen LogP contribution < -0.4 is 11.1 Å².